The molecular formula is C20H29N7O. The van der Waals surface area contributed by atoms with Crippen LogP contribution in [0.15, 0.2) is 12.1 Å². The van der Waals surface area contributed by atoms with Crippen LogP contribution in [0.1, 0.15) is 29.8 Å². The van der Waals surface area contributed by atoms with Gasteiger partial charge in [-0.3, -0.25) is 9.89 Å². The number of carbonyl (C=O) groups excluding carboxylic acids is 1. The molecule has 0 saturated carbocycles. The fraction of sp³-hybridized carbons (Fsp3) is 0.650. The Morgan fingerprint density at radius 1 is 1.18 bits per heavy atom. The smallest absolute Gasteiger partial charge is 0.270 e. The Bertz CT molecular complexity index is 871. The molecule has 8 nitrogen and oxygen atoms in total. The Kier molecular flexibility index (Phi) is 4.47. The van der Waals surface area contributed by atoms with Gasteiger partial charge in [-0.15, -0.1) is 0 Å². The molecule has 6 heterocycles. The van der Waals surface area contributed by atoms with E-state index in [4.69, 9.17) is 4.98 Å². The first-order valence-corrected chi connectivity index (χ1v) is 10.4. The molecule has 28 heavy (non-hydrogen) atoms. The number of H-pyrrole nitrogens is 1. The molecule has 0 aliphatic carbocycles. The van der Waals surface area contributed by atoms with Crippen molar-refractivity contribution in [1.82, 2.24) is 30.3 Å². The molecule has 1 unspecified atom stereocenters. The number of fused-ring (bicyclic) bond motifs is 4. The number of aromatic nitrogens is 3. The molecule has 2 aromatic rings. The summed E-state index contributed by atoms with van der Waals surface area (Å²) in [5, 5.41) is 11.3. The summed E-state index contributed by atoms with van der Waals surface area (Å²) in [6.45, 7) is 5.28. The highest BCUT2D eigenvalue weighted by Gasteiger charge is 2.35. The van der Waals surface area contributed by atoms with Crippen molar-refractivity contribution in [1.29, 1.82) is 0 Å². The average molecular weight is 384 g/mol. The average Bonchev–Trinajstić information content (AvgIpc) is 3.36. The zero-order valence-electron chi connectivity index (χ0n) is 16.7. The van der Waals surface area contributed by atoms with Crippen molar-refractivity contribution >= 4 is 22.8 Å². The summed E-state index contributed by atoms with van der Waals surface area (Å²) < 4.78 is 0. The van der Waals surface area contributed by atoms with E-state index in [2.05, 4.69) is 44.3 Å². The molecule has 4 aliphatic heterocycles. The summed E-state index contributed by atoms with van der Waals surface area (Å²) in [7, 11) is 4.25. The number of nitrogens with zero attached hydrogens (tertiary/aromatic N) is 5. The standard InChI is InChI=1S/C20H29N7O/c1-25(2)14-7-10-27(11-14)17-4-3-15-18(23-24-19(15)22-17)20(28)21-16-12-26-8-5-13(16)6-9-26/h3-4,13-14,16H,5-12H2,1-2H3,(H,21,28)(H,22,23,24)/t14-,16?/m0/s1. The molecule has 2 aromatic heterocycles. The highest BCUT2D eigenvalue weighted by molar-refractivity contribution is 6.04. The molecule has 2 N–H and O–H groups in total. The number of aromatic amines is 1. The minimum Gasteiger partial charge on any atom is -0.355 e. The fourth-order valence-corrected chi connectivity index (χ4v) is 4.98. The zero-order valence-corrected chi connectivity index (χ0v) is 16.7. The van der Waals surface area contributed by atoms with E-state index in [1.807, 2.05) is 12.1 Å². The van der Waals surface area contributed by atoms with Crippen molar-refractivity contribution in [2.75, 3.05) is 51.7 Å². The van der Waals surface area contributed by atoms with Crippen LogP contribution >= 0.6 is 0 Å². The van der Waals surface area contributed by atoms with Gasteiger partial charge in [-0.1, -0.05) is 0 Å². The summed E-state index contributed by atoms with van der Waals surface area (Å²) >= 11 is 0. The number of carbonyl (C=O) groups is 1. The molecule has 0 radical (unpaired) electrons. The van der Waals surface area contributed by atoms with Crippen molar-refractivity contribution in [3.8, 4) is 0 Å². The van der Waals surface area contributed by atoms with Crippen molar-refractivity contribution in [3.63, 3.8) is 0 Å². The van der Waals surface area contributed by atoms with E-state index in [0.717, 1.165) is 37.3 Å². The van der Waals surface area contributed by atoms with Crippen LogP contribution < -0.4 is 10.2 Å². The number of nitrogens with one attached hydrogen (secondary N) is 2. The maximum Gasteiger partial charge on any atom is 0.270 e. The summed E-state index contributed by atoms with van der Waals surface area (Å²) in [6.07, 6.45) is 3.51. The minimum atomic E-state index is -0.0651. The van der Waals surface area contributed by atoms with Gasteiger partial charge in [0.15, 0.2) is 5.65 Å². The second-order valence-electron chi connectivity index (χ2n) is 8.71. The highest BCUT2D eigenvalue weighted by atomic mass is 16.2. The molecule has 4 aliphatic rings. The van der Waals surface area contributed by atoms with Crippen molar-refractivity contribution in [3.05, 3.63) is 17.8 Å². The van der Waals surface area contributed by atoms with E-state index in [1.54, 1.807) is 0 Å². The number of amides is 1. The van der Waals surface area contributed by atoms with Gasteiger partial charge < -0.3 is 20.0 Å². The molecule has 4 fully saturated rings. The SMILES string of the molecule is CN(C)[C@H]1CCN(c2ccc3c(C(=O)NC4CN5CCC4CC5)[nH]nc3n2)C1. The number of anilines is 1. The Hall–Kier alpha value is -2.19. The number of piperidine rings is 3. The summed E-state index contributed by atoms with van der Waals surface area (Å²) in [6, 6.07) is 4.80. The molecule has 8 heteroatoms. The number of likely N-dealkylation sites (N-methyl/N-ethyl adjacent to an activating group) is 1. The van der Waals surface area contributed by atoms with Crippen molar-refractivity contribution < 1.29 is 4.79 Å². The van der Waals surface area contributed by atoms with Crippen LogP contribution in [-0.2, 0) is 0 Å². The maximum atomic E-state index is 12.9. The normalized spacial score (nSPS) is 29.8. The number of rotatable bonds is 4. The second-order valence-corrected chi connectivity index (χ2v) is 8.71. The third kappa shape index (κ3) is 3.14. The number of pyridine rings is 1. The lowest BCUT2D eigenvalue weighted by atomic mass is 9.84. The van der Waals surface area contributed by atoms with E-state index in [0.29, 0.717) is 23.3 Å². The monoisotopic (exact) mass is 383 g/mol. The third-order valence-corrected chi connectivity index (χ3v) is 6.82. The molecule has 150 valence electrons. The zero-order chi connectivity index (χ0) is 19.3. The summed E-state index contributed by atoms with van der Waals surface area (Å²) in [4.78, 5) is 24.6. The molecule has 2 atom stereocenters. The van der Waals surface area contributed by atoms with Gasteiger partial charge >= 0.3 is 0 Å². The quantitative estimate of drug-likeness (QED) is 0.817. The van der Waals surface area contributed by atoms with Crippen LogP contribution in [0.4, 0.5) is 5.82 Å². The predicted octanol–water partition coefficient (Wildman–Crippen LogP) is 0.922. The van der Waals surface area contributed by atoms with E-state index >= 15 is 0 Å². The Morgan fingerprint density at radius 2 is 2.00 bits per heavy atom. The van der Waals surface area contributed by atoms with Gasteiger partial charge in [0, 0.05) is 31.7 Å². The molecule has 0 aromatic carbocycles. The highest BCUT2D eigenvalue weighted by Crippen LogP contribution is 2.28. The molecule has 2 bridgehead atoms. The van der Waals surface area contributed by atoms with Crippen LogP contribution in [0, 0.1) is 5.92 Å². The minimum absolute atomic E-state index is 0.0651. The van der Waals surface area contributed by atoms with Crippen LogP contribution in [0.25, 0.3) is 11.0 Å². The number of hydrogen-bond acceptors (Lipinski definition) is 6. The molecule has 4 saturated heterocycles. The maximum absolute atomic E-state index is 12.9. The first kappa shape index (κ1) is 17.9. The molecule has 6 rings (SSSR count). The van der Waals surface area contributed by atoms with Crippen LogP contribution in [0.2, 0.25) is 0 Å². The van der Waals surface area contributed by atoms with Gasteiger partial charge in [0.2, 0.25) is 0 Å². The molecule has 0 spiro atoms. The van der Waals surface area contributed by atoms with E-state index < -0.39 is 0 Å². The largest absolute Gasteiger partial charge is 0.355 e. The third-order valence-electron chi connectivity index (χ3n) is 6.82. The number of hydrogen-bond donors (Lipinski definition) is 2. The van der Waals surface area contributed by atoms with Gasteiger partial charge in [0.1, 0.15) is 11.5 Å². The van der Waals surface area contributed by atoms with Crippen LogP contribution in [0.5, 0.6) is 0 Å². The van der Waals surface area contributed by atoms with E-state index in [1.165, 1.54) is 25.9 Å². The van der Waals surface area contributed by atoms with Crippen molar-refractivity contribution in [2.24, 2.45) is 5.92 Å². The lowest BCUT2D eigenvalue weighted by molar-refractivity contribution is 0.0618. The van der Waals surface area contributed by atoms with Crippen LogP contribution in [0.3, 0.4) is 0 Å². The van der Waals surface area contributed by atoms with Gasteiger partial charge in [0.05, 0.1) is 5.39 Å². The van der Waals surface area contributed by atoms with Gasteiger partial charge in [-0.25, -0.2) is 4.98 Å². The lowest BCUT2D eigenvalue weighted by Crippen LogP contribution is -2.57. The topological polar surface area (TPSA) is 80.4 Å². The first-order valence-electron chi connectivity index (χ1n) is 10.4. The Labute approximate surface area is 165 Å². The molecule has 1 amide bonds. The van der Waals surface area contributed by atoms with Gasteiger partial charge in [-0.2, -0.15) is 5.10 Å². The first-order chi connectivity index (χ1) is 13.6. The van der Waals surface area contributed by atoms with Crippen LogP contribution in [-0.4, -0.2) is 89.8 Å². The molecular weight excluding hydrogens is 354 g/mol. The van der Waals surface area contributed by atoms with Gasteiger partial charge in [0.25, 0.3) is 5.91 Å². The summed E-state index contributed by atoms with van der Waals surface area (Å²) in [5.41, 5.74) is 1.14. The van der Waals surface area contributed by atoms with E-state index in [-0.39, 0.29) is 11.9 Å². The van der Waals surface area contributed by atoms with Crippen molar-refractivity contribution in [2.45, 2.75) is 31.3 Å². The lowest BCUT2D eigenvalue weighted by Gasteiger charge is -2.44. The second kappa shape index (κ2) is 7.00. The Morgan fingerprint density at radius 3 is 2.68 bits per heavy atom. The predicted molar refractivity (Wildman–Crippen MR) is 109 cm³/mol. The van der Waals surface area contributed by atoms with E-state index in [9.17, 15) is 4.79 Å². The van der Waals surface area contributed by atoms with Gasteiger partial charge in [-0.05, 0) is 64.5 Å². The summed E-state index contributed by atoms with van der Waals surface area (Å²) in [5.74, 6) is 1.48. The fourth-order valence-electron chi connectivity index (χ4n) is 4.98. The Balaban J connectivity index is 1.32.